The standard InChI is InChI=1S/C10H8N2O5/c1-16-9-4-6(10(13)17-2)3-8(12(14)15)7(9)5-11/h3-4H,1-2H3. The number of rotatable bonds is 3. The lowest BCUT2D eigenvalue weighted by molar-refractivity contribution is -0.385. The SMILES string of the molecule is COC(=O)c1cc(OC)c(C#N)c([N+](=O)[O-])c1. The number of carbonyl (C=O) groups is 1. The predicted molar refractivity (Wildman–Crippen MR) is 55.7 cm³/mol. The van der Waals surface area contributed by atoms with Gasteiger partial charge in [-0.05, 0) is 6.07 Å². The molecule has 0 unspecified atom stereocenters. The highest BCUT2D eigenvalue weighted by Gasteiger charge is 2.23. The Balaban J connectivity index is 3.52. The molecule has 7 nitrogen and oxygen atoms in total. The van der Waals surface area contributed by atoms with Gasteiger partial charge in [0.05, 0.1) is 24.7 Å². The number of methoxy groups -OCH3 is 2. The number of nitriles is 1. The molecule has 0 amide bonds. The molecule has 0 aliphatic rings. The highest BCUT2D eigenvalue weighted by atomic mass is 16.6. The van der Waals surface area contributed by atoms with Gasteiger partial charge in [-0.25, -0.2) is 4.79 Å². The fourth-order valence-corrected chi connectivity index (χ4v) is 1.25. The number of benzene rings is 1. The van der Waals surface area contributed by atoms with Crippen LogP contribution >= 0.6 is 0 Å². The van der Waals surface area contributed by atoms with Gasteiger partial charge in [0.2, 0.25) is 0 Å². The van der Waals surface area contributed by atoms with Crippen molar-refractivity contribution in [2.45, 2.75) is 0 Å². The molecule has 0 aliphatic carbocycles. The maximum Gasteiger partial charge on any atom is 0.338 e. The van der Waals surface area contributed by atoms with Gasteiger partial charge in [-0.1, -0.05) is 0 Å². The third kappa shape index (κ3) is 2.31. The van der Waals surface area contributed by atoms with Gasteiger partial charge in [0, 0.05) is 6.07 Å². The van der Waals surface area contributed by atoms with Crippen LogP contribution in [0.25, 0.3) is 0 Å². The average Bonchev–Trinajstić information content (AvgIpc) is 2.35. The number of esters is 1. The van der Waals surface area contributed by atoms with Crippen LogP contribution in [0.1, 0.15) is 15.9 Å². The van der Waals surface area contributed by atoms with E-state index in [4.69, 9.17) is 10.00 Å². The Hall–Kier alpha value is -2.62. The fourth-order valence-electron chi connectivity index (χ4n) is 1.25. The fraction of sp³-hybridized carbons (Fsp3) is 0.200. The zero-order valence-corrected chi connectivity index (χ0v) is 9.09. The summed E-state index contributed by atoms with van der Waals surface area (Å²) in [5.41, 5.74) is -0.771. The van der Waals surface area contributed by atoms with Crippen molar-refractivity contribution in [2.75, 3.05) is 14.2 Å². The summed E-state index contributed by atoms with van der Waals surface area (Å²) in [6, 6.07) is 3.86. The van der Waals surface area contributed by atoms with Gasteiger partial charge >= 0.3 is 5.97 Å². The Labute approximate surface area is 96.3 Å². The van der Waals surface area contributed by atoms with Crippen molar-refractivity contribution < 1.29 is 19.2 Å². The van der Waals surface area contributed by atoms with Gasteiger partial charge in [-0.3, -0.25) is 10.1 Å². The summed E-state index contributed by atoms with van der Waals surface area (Å²) >= 11 is 0. The van der Waals surface area contributed by atoms with Crippen LogP contribution in [-0.4, -0.2) is 25.1 Å². The summed E-state index contributed by atoms with van der Waals surface area (Å²) in [6.45, 7) is 0. The summed E-state index contributed by atoms with van der Waals surface area (Å²) in [6.07, 6.45) is 0. The van der Waals surface area contributed by atoms with Gasteiger partial charge < -0.3 is 9.47 Å². The van der Waals surface area contributed by atoms with E-state index in [1.54, 1.807) is 6.07 Å². The van der Waals surface area contributed by atoms with E-state index < -0.39 is 16.6 Å². The van der Waals surface area contributed by atoms with Crippen LogP contribution in [0.15, 0.2) is 12.1 Å². The van der Waals surface area contributed by atoms with E-state index in [9.17, 15) is 14.9 Å². The number of ether oxygens (including phenoxy) is 2. The molecule has 0 aromatic heterocycles. The summed E-state index contributed by atoms with van der Waals surface area (Å²) in [5, 5.41) is 19.6. The molecule has 1 rings (SSSR count). The minimum atomic E-state index is -0.756. The van der Waals surface area contributed by atoms with Gasteiger partial charge in [0.1, 0.15) is 11.8 Å². The maximum absolute atomic E-state index is 11.3. The van der Waals surface area contributed by atoms with Crippen LogP contribution in [0.3, 0.4) is 0 Å². The molecule has 7 heteroatoms. The van der Waals surface area contributed by atoms with Crippen LogP contribution < -0.4 is 4.74 Å². The summed E-state index contributed by atoms with van der Waals surface area (Å²) in [4.78, 5) is 21.3. The van der Waals surface area contributed by atoms with E-state index in [0.717, 1.165) is 13.2 Å². The van der Waals surface area contributed by atoms with Crippen molar-refractivity contribution in [3.63, 3.8) is 0 Å². The van der Waals surface area contributed by atoms with Crippen LogP contribution in [0.2, 0.25) is 0 Å². The molecule has 0 bridgehead atoms. The zero-order chi connectivity index (χ0) is 13.0. The highest BCUT2D eigenvalue weighted by molar-refractivity contribution is 5.91. The lowest BCUT2D eigenvalue weighted by atomic mass is 10.1. The summed E-state index contributed by atoms with van der Waals surface area (Å²) in [5.74, 6) is -0.780. The smallest absolute Gasteiger partial charge is 0.338 e. The molecule has 88 valence electrons. The van der Waals surface area contributed by atoms with Crippen molar-refractivity contribution in [3.8, 4) is 11.8 Å². The van der Waals surface area contributed by atoms with Gasteiger partial charge in [0.25, 0.3) is 5.69 Å². The molecular formula is C10H8N2O5. The largest absolute Gasteiger partial charge is 0.495 e. The molecule has 0 heterocycles. The van der Waals surface area contributed by atoms with Crippen LogP contribution in [0, 0.1) is 21.4 Å². The number of carbonyl (C=O) groups excluding carboxylic acids is 1. The third-order valence-corrected chi connectivity index (χ3v) is 2.03. The Morgan fingerprint density at radius 1 is 1.47 bits per heavy atom. The molecule has 0 N–H and O–H groups in total. The van der Waals surface area contributed by atoms with Crippen LogP contribution in [-0.2, 0) is 4.74 Å². The molecule has 0 radical (unpaired) electrons. The number of nitro benzene ring substituents is 1. The molecule has 0 atom stereocenters. The molecule has 0 spiro atoms. The van der Waals surface area contributed by atoms with E-state index in [-0.39, 0.29) is 16.9 Å². The van der Waals surface area contributed by atoms with Gasteiger partial charge in [0.15, 0.2) is 5.56 Å². The number of hydrogen-bond donors (Lipinski definition) is 0. The van der Waals surface area contributed by atoms with E-state index in [0.29, 0.717) is 0 Å². The topological polar surface area (TPSA) is 102 Å². The van der Waals surface area contributed by atoms with Crippen molar-refractivity contribution in [1.29, 1.82) is 5.26 Å². The minimum absolute atomic E-state index is 0.0397. The molecule has 0 saturated carbocycles. The molecule has 0 saturated heterocycles. The highest BCUT2D eigenvalue weighted by Crippen LogP contribution is 2.29. The monoisotopic (exact) mass is 236 g/mol. The molecule has 1 aromatic carbocycles. The van der Waals surface area contributed by atoms with Crippen LogP contribution in [0.5, 0.6) is 5.75 Å². The van der Waals surface area contributed by atoms with E-state index >= 15 is 0 Å². The maximum atomic E-state index is 11.3. The number of nitro groups is 1. The minimum Gasteiger partial charge on any atom is -0.495 e. The molecular weight excluding hydrogens is 228 g/mol. The average molecular weight is 236 g/mol. The van der Waals surface area contributed by atoms with Gasteiger partial charge in [-0.2, -0.15) is 5.26 Å². The number of hydrogen-bond acceptors (Lipinski definition) is 6. The first-order valence-electron chi connectivity index (χ1n) is 4.40. The second-order valence-corrected chi connectivity index (χ2v) is 2.93. The second kappa shape index (κ2) is 4.94. The lowest BCUT2D eigenvalue weighted by Gasteiger charge is -2.05. The lowest BCUT2D eigenvalue weighted by Crippen LogP contribution is -2.05. The second-order valence-electron chi connectivity index (χ2n) is 2.93. The van der Waals surface area contributed by atoms with Gasteiger partial charge in [-0.15, -0.1) is 0 Å². The van der Waals surface area contributed by atoms with E-state index in [2.05, 4.69) is 4.74 Å². The quantitative estimate of drug-likeness (QED) is 0.444. The Kier molecular flexibility index (Phi) is 3.62. The van der Waals surface area contributed by atoms with Crippen LogP contribution in [0.4, 0.5) is 5.69 Å². The first-order chi connectivity index (χ1) is 8.04. The first-order valence-corrected chi connectivity index (χ1v) is 4.40. The van der Waals surface area contributed by atoms with E-state index in [1.165, 1.54) is 13.2 Å². The Morgan fingerprint density at radius 2 is 2.12 bits per heavy atom. The van der Waals surface area contributed by atoms with E-state index in [1.807, 2.05) is 0 Å². The van der Waals surface area contributed by atoms with Crippen molar-refractivity contribution in [1.82, 2.24) is 0 Å². The Morgan fingerprint density at radius 3 is 2.53 bits per heavy atom. The molecule has 0 fully saturated rings. The molecule has 1 aromatic rings. The Bertz CT molecular complexity index is 518. The molecule has 0 aliphatic heterocycles. The first kappa shape index (κ1) is 12.4. The predicted octanol–water partition coefficient (Wildman–Crippen LogP) is 1.26. The zero-order valence-electron chi connectivity index (χ0n) is 9.09. The van der Waals surface area contributed by atoms with Crippen molar-refractivity contribution in [3.05, 3.63) is 33.4 Å². The van der Waals surface area contributed by atoms with Crippen molar-refractivity contribution in [2.24, 2.45) is 0 Å². The third-order valence-electron chi connectivity index (χ3n) is 2.03. The number of nitrogens with zero attached hydrogens (tertiary/aromatic N) is 2. The summed E-state index contributed by atoms with van der Waals surface area (Å²) in [7, 11) is 2.40. The summed E-state index contributed by atoms with van der Waals surface area (Å²) < 4.78 is 9.27. The van der Waals surface area contributed by atoms with Crippen molar-refractivity contribution >= 4 is 11.7 Å². The molecule has 17 heavy (non-hydrogen) atoms. The normalized spacial score (nSPS) is 9.24.